The van der Waals surface area contributed by atoms with E-state index in [0.717, 1.165) is 6.92 Å². The molecular weight excluding hydrogens is 504 g/mol. The Morgan fingerprint density at radius 1 is 0.842 bits per heavy atom. The molecule has 1 aliphatic rings. The molecule has 1 heterocycles. The molecule has 1 aliphatic heterocycles. The van der Waals surface area contributed by atoms with Crippen LogP contribution in [0.15, 0.2) is 42.5 Å². The first-order valence-electron chi connectivity index (χ1n) is 11.5. The van der Waals surface area contributed by atoms with Crippen LogP contribution in [0.2, 0.25) is 0 Å². The zero-order valence-corrected chi connectivity index (χ0v) is 21.1. The van der Waals surface area contributed by atoms with Gasteiger partial charge >= 0.3 is 23.9 Å². The molecule has 12 nitrogen and oxygen atoms in total. The molecule has 2 aromatic carbocycles. The van der Waals surface area contributed by atoms with E-state index in [4.69, 9.17) is 28.4 Å². The molecule has 0 radical (unpaired) electrons. The summed E-state index contributed by atoms with van der Waals surface area (Å²) < 4.78 is 31.4. The van der Waals surface area contributed by atoms with Gasteiger partial charge in [-0.05, 0) is 35.9 Å². The van der Waals surface area contributed by atoms with Gasteiger partial charge in [-0.25, -0.2) is 9.59 Å². The summed E-state index contributed by atoms with van der Waals surface area (Å²) in [5, 5.41) is 21.5. The van der Waals surface area contributed by atoms with Gasteiger partial charge in [-0.2, -0.15) is 0 Å². The van der Waals surface area contributed by atoms with E-state index in [0.29, 0.717) is 5.56 Å². The van der Waals surface area contributed by atoms with Gasteiger partial charge < -0.3 is 38.6 Å². The number of benzene rings is 2. The lowest BCUT2D eigenvalue weighted by molar-refractivity contribution is -0.242. The first-order valence-corrected chi connectivity index (χ1v) is 11.5. The van der Waals surface area contributed by atoms with E-state index in [-0.39, 0.29) is 29.2 Å². The third kappa shape index (κ3) is 6.85. The van der Waals surface area contributed by atoms with Gasteiger partial charge in [-0.1, -0.05) is 12.1 Å². The van der Waals surface area contributed by atoms with Gasteiger partial charge in [-0.15, -0.1) is 0 Å². The van der Waals surface area contributed by atoms with Gasteiger partial charge in [0.15, 0.2) is 6.10 Å². The first-order chi connectivity index (χ1) is 18.0. The van der Waals surface area contributed by atoms with Crippen molar-refractivity contribution in [3.05, 3.63) is 59.2 Å². The number of carbonyl (C=O) groups is 4. The molecule has 38 heavy (non-hydrogen) atoms. The van der Waals surface area contributed by atoms with Gasteiger partial charge in [-0.3, -0.25) is 9.59 Å². The summed E-state index contributed by atoms with van der Waals surface area (Å²) in [6.45, 7) is 1.99. The quantitative estimate of drug-likeness (QED) is 0.374. The van der Waals surface area contributed by atoms with Crippen molar-refractivity contribution in [2.24, 2.45) is 0 Å². The SMILES string of the molecule is COC(=O)c1cc(Oc2cccc([C@H]3O[C@H](COC(C)=O)[C@@H](OC(C)=O)[C@H](O)[C@H]3O)c2)cc(C(=O)OC)c1. The second-order valence-corrected chi connectivity index (χ2v) is 8.36. The van der Waals surface area contributed by atoms with Crippen molar-refractivity contribution in [2.75, 3.05) is 20.8 Å². The number of rotatable bonds is 8. The van der Waals surface area contributed by atoms with E-state index in [1.807, 2.05) is 0 Å². The number of carbonyl (C=O) groups excluding carboxylic acids is 4. The highest BCUT2D eigenvalue weighted by Crippen LogP contribution is 2.36. The van der Waals surface area contributed by atoms with Gasteiger partial charge in [0, 0.05) is 13.8 Å². The first kappa shape index (κ1) is 28.6. The zero-order chi connectivity index (χ0) is 28.0. The smallest absolute Gasteiger partial charge is 0.338 e. The highest BCUT2D eigenvalue weighted by molar-refractivity contribution is 5.96. The molecule has 2 aromatic rings. The molecule has 0 unspecified atom stereocenters. The number of hydrogen-bond acceptors (Lipinski definition) is 12. The van der Waals surface area contributed by atoms with Gasteiger partial charge in [0.05, 0.1) is 25.3 Å². The minimum absolute atomic E-state index is 0.0561. The van der Waals surface area contributed by atoms with Crippen molar-refractivity contribution < 1.29 is 57.8 Å². The van der Waals surface area contributed by atoms with Crippen molar-refractivity contribution >= 4 is 23.9 Å². The Morgan fingerprint density at radius 2 is 1.47 bits per heavy atom. The van der Waals surface area contributed by atoms with Crippen LogP contribution in [-0.4, -0.2) is 79.3 Å². The molecular formula is C26H28O12. The Hall–Kier alpha value is -4.00. The number of methoxy groups -OCH3 is 2. The summed E-state index contributed by atoms with van der Waals surface area (Å²) in [5.74, 6) is -2.34. The Morgan fingerprint density at radius 3 is 2.03 bits per heavy atom. The van der Waals surface area contributed by atoms with Crippen molar-refractivity contribution in [1.29, 1.82) is 0 Å². The van der Waals surface area contributed by atoms with Gasteiger partial charge in [0.2, 0.25) is 0 Å². The lowest BCUT2D eigenvalue weighted by Crippen LogP contribution is -2.57. The summed E-state index contributed by atoms with van der Waals surface area (Å²) in [7, 11) is 2.39. The van der Waals surface area contributed by atoms with E-state index in [2.05, 4.69) is 0 Å². The molecule has 3 rings (SSSR count). The van der Waals surface area contributed by atoms with E-state index in [1.165, 1.54) is 45.4 Å². The minimum Gasteiger partial charge on any atom is -0.465 e. The summed E-state index contributed by atoms with van der Waals surface area (Å²) in [4.78, 5) is 47.0. The van der Waals surface area contributed by atoms with Gasteiger partial charge in [0.1, 0.15) is 42.5 Å². The molecule has 0 aromatic heterocycles. The normalized spacial score (nSPS) is 22.6. The Bertz CT molecular complexity index is 1160. The van der Waals surface area contributed by atoms with Gasteiger partial charge in [0.25, 0.3) is 0 Å². The maximum atomic E-state index is 12.1. The van der Waals surface area contributed by atoms with Crippen LogP contribution in [0.5, 0.6) is 11.5 Å². The van der Waals surface area contributed by atoms with E-state index >= 15 is 0 Å². The number of aliphatic hydroxyl groups excluding tert-OH is 2. The van der Waals surface area contributed by atoms with Crippen molar-refractivity contribution in [1.82, 2.24) is 0 Å². The molecule has 0 amide bonds. The predicted molar refractivity (Wildman–Crippen MR) is 127 cm³/mol. The van der Waals surface area contributed by atoms with Crippen molar-refractivity contribution in [3.63, 3.8) is 0 Å². The van der Waals surface area contributed by atoms with Crippen LogP contribution in [0, 0.1) is 0 Å². The Balaban J connectivity index is 1.90. The van der Waals surface area contributed by atoms with Crippen LogP contribution in [0.1, 0.15) is 46.2 Å². The van der Waals surface area contributed by atoms with Crippen LogP contribution in [0.4, 0.5) is 0 Å². The number of ether oxygens (including phenoxy) is 6. The fourth-order valence-corrected chi connectivity index (χ4v) is 3.91. The average Bonchev–Trinajstić information content (AvgIpc) is 2.89. The molecule has 0 saturated carbocycles. The zero-order valence-electron chi connectivity index (χ0n) is 21.1. The molecule has 0 aliphatic carbocycles. The predicted octanol–water partition coefficient (Wildman–Crippen LogP) is 1.71. The monoisotopic (exact) mass is 532 g/mol. The molecule has 2 N–H and O–H groups in total. The van der Waals surface area contributed by atoms with E-state index < -0.39 is 54.4 Å². The third-order valence-corrected chi connectivity index (χ3v) is 5.61. The lowest BCUT2D eigenvalue weighted by atomic mass is 9.91. The van der Waals surface area contributed by atoms with Crippen LogP contribution in [-0.2, 0) is 33.3 Å². The van der Waals surface area contributed by atoms with Crippen molar-refractivity contribution in [3.8, 4) is 11.5 Å². The third-order valence-electron chi connectivity index (χ3n) is 5.61. The number of hydrogen-bond donors (Lipinski definition) is 2. The highest BCUT2D eigenvalue weighted by atomic mass is 16.6. The van der Waals surface area contributed by atoms with E-state index in [9.17, 15) is 29.4 Å². The fourth-order valence-electron chi connectivity index (χ4n) is 3.91. The van der Waals surface area contributed by atoms with E-state index in [1.54, 1.807) is 18.2 Å². The molecule has 1 fully saturated rings. The number of aliphatic hydroxyl groups is 2. The number of esters is 4. The van der Waals surface area contributed by atoms with Crippen molar-refractivity contribution in [2.45, 2.75) is 44.4 Å². The molecule has 204 valence electrons. The summed E-state index contributed by atoms with van der Waals surface area (Å²) in [6.07, 6.45) is -6.54. The maximum Gasteiger partial charge on any atom is 0.338 e. The average molecular weight is 532 g/mol. The summed E-state index contributed by atoms with van der Waals surface area (Å²) in [5.41, 5.74) is 0.488. The Kier molecular flexibility index (Phi) is 9.40. The molecule has 0 spiro atoms. The maximum absolute atomic E-state index is 12.1. The Labute approximate surface area is 218 Å². The van der Waals surface area contributed by atoms with Crippen LogP contribution in [0.3, 0.4) is 0 Å². The van der Waals surface area contributed by atoms with Crippen LogP contribution >= 0.6 is 0 Å². The largest absolute Gasteiger partial charge is 0.465 e. The second-order valence-electron chi connectivity index (χ2n) is 8.36. The standard InChI is InChI=1S/C26H28O12/c1-13(27)35-12-20-24(36-14(2)28)22(30)21(29)23(38-20)15-6-5-7-18(9-15)37-19-10-16(25(31)33-3)8-17(11-19)26(32)34-4/h5-11,20-24,29-30H,12H2,1-4H3/t20-,21-,22-,23-,24-/m1/s1. The fraction of sp³-hybridized carbons (Fsp3) is 0.385. The highest BCUT2D eigenvalue weighted by Gasteiger charge is 2.47. The lowest BCUT2D eigenvalue weighted by Gasteiger charge is -2.42. The molecule has 5 atom stereocenters. The van der Waals surface area contributed by atoms with Crippen LogP contribution < -0.4 is 4.74 Å². The molecule has 0 bridgehead atoms. The topological polar surface area (TPSA) is 164 Å². The summed E-state index contributed by atoms with van der Waals surface area (Å²) in [6, 6.07) is 10.3. The van der Waals surface area contributed by atoms with Crippen LogP contribution in [0.25, 0.3) is 0 Å². The molecule has 12 heteroatoms. The minimum atomic E-state index is -1.55. The second kappa shape index (κ2) is 12.5. The molecule has 1 saturated heterocycles. The summed E-state index contributed by atoms with van der Waals surface area (Å²) >= 11 is 0.